The summed E-state index contributed by atoms with van der Waals surface area (Å²) in [6.45, 7) is 4.98. The Morgan fingerprint density at radius 1 is 1.22 bits per heavy atom. The smallest absolute Gasteiger partial charge is 0.234 e. The number of hydrogen-bond donors (Lipinski definition) is 2. The van der Waals surface area contributed by atoms with Crippen molar-refractivity contribution >= 4 is 11.8 Å². The van der Waals surface area contributed by atoms with Gasteiger partial charge in [0.25, 0.3) is 0 Å². The molecule has 0 spiro atoms. The summed E-state index contributed by atoms with van der Waals surface area (Å²) in [5.74, 6) is 0.749. The number of nitrogens with two attached hydrogens (primary N) is 1. The molecule has 2 rings (SSSR count). The van der Waals surface area contributed by atoms with Crippen molar-refractivity contribution in [1.29, 1.82) is 0 Å². The summed E-state index contributed by atoms with van der Waals surface area (Å²) in [5.41, 5.74) is 5.79. The van der Waals surface area contributed by atoms with E-state index in [9.17, 15) is 9.59 Å². The third kappa shape index (κ3) is 5.16. The van der Waals surface area contributed by atoms with Gasteiger partial charge in [0.2, 0.25) is 11.8 Å². The van der Waals surface area contributed by atoms with E-state index in [-0.39, 0.29) is 17.7 Å². The molecule has 3 N–H and O–H groups in total. The number of rotatable bonds is 7. The number of carbonyl (C=O) groups excluding carboxylic acids is 2. The van der Waals surface area contributed by atoms with Gasteiger partial charge in [-0.2, -0.15) is 0 Å². The minimum absolute atomic E-state index is 0.0146. The maximum atomic E-state index is 12.6. The summed E-state index contributed by atoms with van der Waals surface area (Å²) in [5, 5.41) is 2.82. The molecule has 0 bridgehead atoms. The van der Waals surface area contributed by atoms with Crippen LogP contribution in [-0.4, -0.2) is 81.1 Å². The van der Waals surface area contributed by atoms with Crippen LogP contribution in [0.5, 0.6) is 0 Å². The maximum absolute atomic E-state index is 12.6. The van der Waals surface area contributed by atoms with Crippen molar-refractivity contribution in [2.45, 2.75) is 19.3 Å². The fourth-order valence-corrected chi connectivity index (χ4v) is 3.56. The highest BCUT2D eigenvalue weighted by atomic mass is 16.5. The molecule has 2 aliphatic rings. The Hall–Kier alpha value is -1.18. The Kier molecular flexibility index (Phi) is 7.26. The van der Waals surface area contributed by atoms with Crippen LogP contribution in [-0.2, 0) is 14.3 Å². The van der Waals surface area contributed by atoms with Crippen molar-refractivity contribution in [2.24, 2.45) is 17.6 Å². The number of methoxy groups -OCH3 is 1. The van der Waals surface area contributed by atoms with E-state index in [1.54, 1.807) is 7.11 Å². The Bertz CT molecular complexity index is 397. The van der Waals surface area contributed by atoms with Crippen LogP contribution in [0.3, 0.4) is 0 Å². The zero-order valence-corrected chi connectivity index (χ0v) is 14.1. The van der Waals surface area contributed by atoms with Gasteiger partial charge >= 0.3 is 0 Å². The summed E-state index contributed by atoms with van der Waals surface area (Å²) in [6.07, 6.45) is 3.16. The summed E-state index contributed by atoms with van der Waals surface area (Å²) in [4.78, 5) is 28.5. The fraction of sp³-hybridized carbons (Fsp3) is 0.875. The third-order valence-electron chi connectivity index (χ3n) is 4.96. The van der Waals surface area contributed by atoms with Crippen LogP contribution in [0.1, 0.15) is 19.3 Å². The molecule has 1 aliphatic carbocycles. The third-order valence-corrected chi connectivity index (χ3v) is 4.96. The summed E-state index contributed by atoms with van der Waals surface area (Å²) in [6, 6.07) is 0. The molecular weight excluding hydrogens is 296 g/mol. The number of ether oxygens (including phenoxy) is 1. The standard InChI is InChI=1S/C16H30N4O3/c1-23-10-5-18-15(21)12-19-6-8-20(9-7-19)16(22)14-4-2-3-13(14)11-17/h13-14H,2-12,17H2,1H3,(H,18,21)/t13-,14-/m1/s1. The van der Waals surface area contributed by atoms with Crippen molar-refractivity contribution in [3.63, 3.8) is 0 Å². The first kappa shape index (κ1) is 18.2. The summed E-state index contributed by atoms with van der Waals surface area (Å²) in [7, 11) is 1.61. The number of amides is 2. The SMILES string of the molecule is COCCNC(=O)CN1CCN(C(=O)[C@@H]2CCC[C@@H]2CN)CC1. The minimum Gasteiger partial charge on any atom is -0.383 e. The Morgan fingerprint density at radius 2 is 1.96 bits per heavy atom. The lowest BCUT2D eigenvalue weighted by molar-refractivity contribution is -0.138. The topological polar surface area (TPSA) is 87.9 Å². The lowest BCUT2D eigenvalue weighted by Gasteiger charge is -2.36. The second-order valence-corrected chi connectivity index (χ2v) is 6.48. The molecule has 1 saturated heterocycles. The average molecular weight is 326 g/mol. The zero-order valence-electron chi connectivity index (χ0n) is 14.1. The first-order chi connectivity index (χ1) is 11.2. The zero-order chi connectivity index (χ0) is 16.7. The Labute approximate surface area is 138 Å². The molecular formula is C16H30N4O3. The predicted molar refractivity (Wildman–Crippen MR) is 87.8 cm³/mol. The van der Waals surface area contributed by atoms with Gasteiger partial charge in [-0.3, -0.25) is 14.5 Å². The molecule has 0 aromatic carbocycles. The molecule has 1 aliphatic heterocycles. The molecule has 2 fully saturated rings. The lowest BCUT2D eigenvalue weighted by Crippen LogP contribution is -2.53. The molecule has 0 unspecified atom stereocenters. The second kappa shape index (κ2) is 9.20. The van der Waals surface area contributed by atoms with Crippen molar-refractivity contribution < 1.29 is 14.3 Å². The van der Waals surface area contributed by atoms with Gasteiger partial charge in [0.15, 0.2) is 0 Å². The first-order valence-electron chi connectivity index (χ1n) is 8.62. The molecule has 0 radical (unpaired) electrons. The molecule has 0 aromatic heterocycles. The van der Waals surface area contributed by atoms with E-state index in [0.717, 1.165) is 32.4 Å². The highest BCUT2D eigenvalue weighted by Crippen LogP contribution is 2.32. The highest BCUT2D eigenvalue weighted by molar-refractivity contribution is 5.80. The summed E-state index contributed by atoms with van der Waals surface area (Å²) < 4.78 is 4.91. The molecule has 2 atom stereocenters. The fourth-order valence-electron chi connectivity index (χ4n) is 3.56. The van der Waals surface area contributed by atoms with Crippen LogP contribution in [0.2, 0.25) is 0 Å². The Morgan fingerprint density at radius 3 is 2.61 bits per heavy atom. The van der Waals surface area contributed by atoms with Crippen LogP contribution in [0, 0.1) is 11.8 Å². The van der Waals surface area contributed by atoms with E-state index in [1.165, 1.54) is 0 Å². The van der Waals surface area contributed by atoms with Gasteiger partial charge in [-0.05, 0) is 25.3 Å². The Balaban J connectivity index is 1.71. The quantitative estimate of drug-likeness (QED) is 0.602. The molecule has 7 nitrogen and oxygen atoms in total. The van der Waals surface area contributed by atoms with Crippen LogP contribution in [0.25, 0.3) is 0 Å². The van der Waals surface area contributed by atoms with Gasteiger partial charge in [0.1, 0.15) is 0 Å². The molecule has 0 aromatic rings. The minimum atomic E-state index is 0.0146. The van der Waals surface area contributed by atoms with Crippen molar-refractivity contribution in [2.75, 3.05) is 59.5 Å². The van der Waals surface area contributed by atoms with Crippen molar-refractivity contribution in [3.05, 3.63) is 0 Å². The maximum Gasteiger partial charge on any atom is 0.234 e. The predicted octanol–water partition coefficient (Wildman–Crippen LogP) is -0.732. The average Bonchev–Trinajstić information content (AvgIpc) is 3.03. The molecule has 132 valence electrons. The highest BCUT2D eigenvalue weighted by Gasteiger charge is 2.35. The van der Waals surface area contributed by atoms with Gasteiger partial charge in [-0.25, -0.2) is 0 Å². The number of piperazine rings is 1. The van der Waals surface area contributed by atoms with Gasteiger partial charge in [-0.1, -0.05) is 6.42 Å². The molecule has 23 heavy (non-hydrogen) atoms. The lowest BCUT2D eigenvalue weighted by atomic mass is 9.94. The molecule has 2 amide bonds. The van der Waals surface area contributed by atoms with E-state index in [2.05, 4.69) is 10.2 Å². The van der Waals surface area contributed by atoms with Gasteiger partial charge < -0.3 is 20.7 Å². The van der Waals surface area contributed by atoms with Crippen LogP contribution >= 0.6 is 0 Å². The van der Waals surface area contributed by atoms with Gasteiger partial charge in [0.05, 0.1) is 13.2 Å². The second-order valence-electron chi connectivity index (χ2n) is 6.48. The molecule has 1 saturated carbocycles. The van der Waals surface area contributed by atoms with E-state index in [4.69, 9.17) is 10.5 Å². The van der Waals surface area contributed by atoms with E-state index in [0.29, 0.717) is 45.2 Å². The van der Waals surface area contributed by atoms with Crippen LogP contribution in [0.15, 0.2) is 0 Å². The number of hydrogen-bond acceptors (Lipinski definition) is 5. The number of nitrogens with one attached hydrogen (secondary N) is 1. The van der Waals surface area contributed by atoms with Crippen molar-refractivity contribution in [1.82, 2.24) is 15.1 Å². The molecule has 7 heteroatoms. The van der Waals surface area contributed by atoms with E-state index in [1.807, 2.05) is 4.90 Å². The molecule has 1 heterocycles. The van der Waals surface area contributed by atoms with Gasteiger partial charge in [-0.15, -0.1) is 0 Å². The largest absolute Gasteiger partial charge is 0.383 e. The monoisotopic (exact) mass is 326 g/mol. The normalized spacial score (nSPS) is 25.6. The number of carbonyl (C=O) groups is 2. The van der Waals surface area contributed by atoms with E-state index < -0.39 is 0 Å². The van der Waals surface area contributed by atoms with Crippen molar-refractivity contribution in [3.8, 4) is 0 Å². The van der Waals surface area contributed by atoms with Crippen LogP contribution in [0.4, 0.5) is 0 Å². The first-order valence-corrected chi connectivity index (χ1v) is 8.62. The van der Waals surface area contributed by atoms with Crippen LogP contribution < -0.4 is 11.1 Å². The van der Waals surface area contributed by atoms with E-state index >= 15 is 0 Å². The number of nitrogens with zero attached hydrogens (tertiary/aromatic N) is 2. The summed E-state index contributed by atoms with van der Waals surface area (Å²) >= 11 is 0. The van der Waals surface area contributed by atoms with Gasteiger partial charge in [0, 0.05) is 45.8 Å².